The van der Waals surface area contributed by atoms with Crippen LogP contribution in [-0.2, 0) is 0 Å². The Morgan fingerprint density at radius 1 is 1.29 bits per heavy atom. The van der Waals surface area contributed by atoms with Crippen LogP contribution in [0.4, 0.5) is 5.69 Å². The maximum absolute atomic E-state index is 9.39. The molecule has 0 aromatic heterocycles. The van der Waals surface area contributed by atoms with Gasteiger partial charge in [-0.25, -0.2) is 0 Å². The monoisotopic (exact) mass is 253 g/mol. The Bertz CT molecular complexity index is 337. The number of benzene rings is 1. The number of thioether (sulfide) groups is 1. The molecule has 1 atom stereocenters. The third-order valence-electron chi connectivity index (χ3n) is 3.13. The van der Waals surface area contributed by atoms with E-state index >= 15 is 0 Å². The molecule has 1 unspecified atom stereocenters. The molecule has 3 heteroatoms. The lowest BCUT2D eigenvalue weighted by atomic mass is 9.88. The number of aliphatic hydroxyl groups excluding tert-OH is 1. The molecule has 2 N–H and O–H groups in total. The van der Waals surface area contributed by atoms with E-state index in [-0.39, 0.29) is 12.0 Å². The Kier molecular flexibility index (Phi) is 5.86. The second kappa shape index (κ2) is 6.92. The molecule has 0 spiro atoms. The summed E-state index contributed by atoms with van der Waals surface area (Å²) < 4.78 is 0. The van der Waals surface area contributed by atoms with Crippen LogP contribution in [0.2, 0.25) is 0 Å². The highest BCUT2D eigenvalue weighted by Crippen LogP contribution is 2.28. The fraction of sp³-hybridized carbons (Fsp3) is 0.571. The van der Waals surface area contributed by atoms with E-state index in [0.717, 1.165) is 18.7 Å². The third kappa shape index (κ3) is 4.25. The fourth-order valence-electron chi connectivity index (χ4n) is 1.50. The summed E-state index contributed by atoms with van der Waals surface area (Å²) in [6, 6.07) is 8.35. The highest BCUT2D eigenvalue weighted by molar-refractivity contribution is 7.99. The van der Waals surface area contributed by atoms with E-state index in [0.29, 0.717) is 0 Å². The molecule has 96 valence electrons. The summed E-state index contributed by atoms with van der Waals surface area (Å²) in [5.74, 6) is 1.07. The molecule has 0 radical (unpaired) electrons. The van der Waals surface area contributed by atoms with Crippen LogP contribution in [0.5, 0.6) is 0 Å². The average molecular weight is 253 g/mol. The van der Waals surface area contributed by atoms with E-state index in [1.807, 2.05) is 17.8 Å². The van der Waals surface area contributed by atoms with Gasteiger partial charge in [0.15, 0.2) is 0 Å². The van der Waals surface area contributed by atoms with Crippen LogP contribution in [0.1, 0.15) is 27.2 Å². The summed E-state index contributed by atoms with van der Waals surface area (Å²) in [6.07, 6.45) is 0.972. The predicted octanol–water partition coefficient (Wildman–Crippen LogP) is 3.62. The quantitative estimate of drug-likeness (QED) is 0.728. The van der Waals surface area contributed by atoms with Crippen LogP contribution >= 0.6 is 11.8 Å². The van der Waals surface area contributed by atoms with Crippen LogP contribution < -0.4 is 5.32 Å². The van der Waals surface area contributed by atoms with Gasteiger partial charge in [0, 0.05) is 22.5 Å². The molecule has 0 bridgehead atoms. The average Bonchev–Trinajstić information content (AvgIpc) is 2.38. The van der Waals surface area contributed by atoms with Crippen LogP contribution in [0.25, 0.3) is 0 Å². The normalized spacial score (nSPS) is 14.4. The largest absolute Gasteiger partial charge is 0.396 e. The lowest BCUT2D eigenvalue weighted by Crippen LogP contribution is -2.29. The van der Waals surface area contributed by atoms with Crippen molar-refractivity contribution in [3.8, 4) is 0 Å². The van der Waals surface area contributed by atoms with E-state index < -0.39 is 0 Å². The number of hydrogen-bond acceptors (Lipinski definition) is 3. The van der Waals surface area contributed by atoms with Gasteiger partial charge < -0.3 is 10.4 Å². The van der Waals surface area contributed by atoms with Gasteiger partial charge in [0.05, 0.1) is 6.61 Å². The smallest absolute Gasteiger partial charge is 0.0501 e. The van der Waals surface area contributed by atoms with Gasteiger partial charge in [-0.05, 0) is 24.3 Å². The molecule has 1 rings (SSSR count). The van der Waals surface area contributed by atoms with Crippen LogP contribution in [0.15, 0.2) is 29.2 Å². The molecule has 0 aliphatic heterocycles. The van der Waals surface area contributed by atoms with Crippen molar-refractivity contribution in [3.05, 3.63) is 24.3 Å². The van der Waals surface area contributed by atoms with Gasteiger partial charge >= 0.3 is 0 Å². The molecule has 0 aliphatic carbocycles. The zero-order valence-corrected chi connectivity index (χ0v) is 11.8. The van der Waals surface area contributed by atoms with Crippen LogP contribution in [-0.4, -0.2) is 24.0 Å². The summed E-state index contributed by atoms with van der Waals surface area (Å²) >= 11 is 1.84. The molecular weight excluding hydrogens is 230 g/mol. The molecule has 0 amide bonds. The molecule has 1 aromatic rings. The molecule has 17 heavy (non-hydrogen) atoms. The summed E-state index contributed by atoms with van der Waals surface area (Å²) in [4.78, 5) is 1.28. The van der Waals surface area contributed by atoms with Crippen molar-refractivity contribution in [1.29, 1.82) is 0 Å². The zero-order chi connectivity index (χ0) is 12.7. The van der Waals surface area contributed by atoms with Gasteiger partial charge in [-0.1, -0.05) is 32.9 Å². The third-order valence-corrected chi connectivity index (χ3v) is 4.08. The van der Waals surface area contributed by atoms with Crippen molar-refractivity contribution in [2.24, 2.45) is 5.41 Å². The summed E-state index contributed by atoms with van der Waals surface area (Å²) in [5.41, 5.74) is 1.14. The predicted molar refractivity (Wildman–Crippen MR) is 76.8 cm³/mol. The van der Waals surface area contributed by atoms with Crippen molar-refractivity contribution < 1.29 is 5.11 Å². The first-order valence-corrected chi connectivity index (χ1v) is 7.20. The van der Waals surface area contributed by atoms with E-state index in [2.05, 4.69) is 44.3 Å². The van der Waals surface area contributed by atoms with Gasteiger partial charge in [-0.3, -0.25) is 0 Å². The fourth-order valence-corrected chi connectivity index (χ4v) is 2.28. The minimum Gasteiger partial charge on any atom is -0.396 e. The van der Waals surface area contributed by atoms with E-state index in [4.69, 9.17) is 0 Å². The lowest BCUT2D eigenvalue weighted by molar-refractivity contribution is 0.149. The number of anilines is 1. The number of para-hydroxylation sites is 1. The molecule has 0 saturated heterocycles. The molecule has 0 fully saturated rings. The lowest BCUT2D eigenvalue weighted by Gasteiger charge is -2.27. The van der Waals surface area contributed by atoms with E-state index in [1.165, 1.54) is 10.6 Å². The molecule has 0 heterocycles. The van der Waals surface area contributed by atoms with Crippen LogP contribution in [0, 0.1) is 5.41 Å². The maximum Gasteiger partial charge on any atom is 0.0501 e. The zero-order valence-electron chi connectivity index (χ0n) is 11.0. The summed E-state index contributed by atoms with van der Waals surface area (Å²) in [6.45, 7) is 7.41. The second-order valence-corrected chi connectivity index (χ2v) is 5.91. The topological polar surface area (TPSA) is 32.3 Å². The second-order valence-electron chi connectivity index (χ2n) is 4.61. The molecule has 1 aromatic carbocycles. The van der Waals surface area contributed by atoms with Crippen LogP contribution in [0.3, 0.4) is 0 Å². The van der Waals surface area contributed by atoms with Crippen molar-refractivity contribution in [3.63, 3.8) is 0 Å². The van der Waals surface area contributed by atoms with Gasteiger partial charge in [0.1, 0.15) is 0 Å². The van der Waals surface area contributed by atoms with Crippen molar-refractivity contribution in [1.82, 2.24) is 0 Å². The van der Waals surface area contributed by atoms with Crippen molar-refractivity contribution in [2.75, 3.05) is 24.2 Å². The Hall–Kier alpha value is -0.670. The van der Waals surface area contributed by atoms with Crippen molar-refractivity contribution in [2.45, 2.75) is 32.1 Å². The van der Waals surface area contributed by atoms with Gasteiger partial charge in [-0.2, -0.15) is 0 Å². The van der Waals surface area contributed by atoms with Gasteiger partial charge in [-0.15, -0.1) is 11.8 Å². The number of rotatable bonds is 7. The summed E-state index contributed by atoms with van der Waals surface area (Å²) in [7, 11) is 0. The Morgan fingerprint density at radius 2 is 2.00 bits per heavy atom. The maximum atomic E-state index is 9.39. The Balaban J connectivity index is 2.68. The molecule has 0 aliphatic rings. The standard InChI is InChI=1S/C14H23NOS/c1-4-14(3,11-16)10-15-12-8-6-7-9-13(12)17-5-2/h6-9,15-16H,4-5,10-11H2,1-3H3. The minimum absolute atomic E-state index is 0.0377. The number of hydrogen-bond donors (Lipinski definition) is 2. The number of nitrogens with one attached hydrogen (secondary N) is 1. The first-order valence-electron chi connectivity index (χ1n) is 6.21. The van der Waals surface area contributed by atoms with E-state index in [9.17, 15) is 5.11 Å². The van der Waals surface area contributed by atoms with Gasteiger partial charge in [0.2, 0.25) is 0 Å². The summed E-state index contributed by atoms with van der Waals surface area (Å²) in [5, 5.41) is 12.9. The first-order chi connectivity index (χ1) is 8.15. The highest BCUT2D eigenvalue weighted by Gasteiger charge is 2.20. The molecule has 0 saturated carbocycles. The Morgan fingerprint density at radius 3 is 2.59 bits per heavy atom. The highest BCUT2D eigenvalue weighted by atomic mass is 32.2. The van der Waals surface area contributed by atoms with Crippen molar-refractivity contribution >= 4 is 17.4 Å². The number of aliphatic hydroxyl groups is 1. The SMILES string of the molecule is CCSc1ccccc1NCC(C)(CC)CO. The molecular formula is C14H23NOS. The Labute approximate surface area is 109 Å². The first kappa shape index (κ1) is 14.4. The van der Waals surface area contributed by atoms with Gasteiger partial charge in [0.25, 0.3) is 0 Å². The minimum atomic E-state index is -0.0377. The molecule has 2 nitrogen and oxygen atoms in total. The van der Waals surface area contributed by atoms with E-state index in [1.54, 1.807) is 0 Å².